The highest BCUT2D eigenvalue weighted by molar-refractivity contribution is 7.53. The highest BCUT2D eigenvalue weighted by Crippen LogP contribution is 2.67. The van der Waals surface area contributed by atoms with E-state index in [9.17, 15) is 14.4 Å². The Morgan fingerprint density at radius 2 is 0.977 bits per heavy atom. The summed E-state index contributed by atoms with van der Waals surface area (Å²) < 4.78 is 14.4. The smallest absolute Gasteiger partial charge is 0.323 e. The molecule has 43 heavy (non-hydrogen) atoms. The normalized spacial score (nSPS) is 13.8. The van der Waals surface area contributed by atoms with Crippen LogP contribution < -0.4 is 0 Å². The minimum Gasteiger partial charge on any atom is -0.323 e. The van der Waals surface area contributed by atoms with Gasteiger partial charge in [-0.1, -0.05) is 171 Å². The predicted molar refractivity (Wildman–Crippen MR) is 188 cm³/mol. The molecule has 0 fully saturated rings. The molecule has 0 radical (unpaired) electrons. The maximum absolute atomic E-state index is 14.4. The van der Waals surface area contributed by atoms with E-state index in [1.807, 2.05) is 12.1 Å². The lowest BCUT2D eigenvalue weighted by Gasteiger charge is -2.44. The van der Waals surface area contributed by atoms with Gasteiger partial charge in [-0.15, -0.1) is 0 Å². The Morgan fingerprint density at radius 3 is 1.30 bits per heavy atom. The zero-order valence-electron chi connectivity index (χ0n) is 29.9. The van der Waals surface area contributed by atoms with E-state index >= 15 is 0 Å². The second kappa shape index (κ2) is 13.4. The van der Waals surface area contributed by atoms with Gasteiger partial charge in [-0.2, -0.15) is 0 Å². The first-order chi connectivity index (χ1) is 19.4. The van der Waals surface area contributed by atoms with Crippen LogP contribution in [0.1, 0.15) is 168 Å². The Labute approximate surface area is 265 Å². The number of hydrogen-bond acceptors (Lipinski definition) is 1. The molecule has 2 rings (SSSR count). The molecule has 0 aliphatic carbocycles. The van der Waals surface area contributed by atoms with Crippen molar-refractivity contribution in [3.05, 3.63) is 81.9 Å². The predicted octanol–water partition coefficient (Wildman–Crippen LogP) is 11.6. The van der Waals surface area contributed by atoms with Crippen LogP contribution in [0.15, 0.2) is 48.6 Å². The summed E-state index contributed by atoms with van der Waals surface area (Å²) in [7, 11) is -4.88. The van der Waals surface area contributed by atoms with Crippen LogP contribution in [0, 0.1) is 0 Å². The summed E-state index contributed by atoms with van der Waals surface area (Å²) in [5.41, 5.74) is 5.29. The van der Waals surface area contributed by atoms with E-state index in [0.29, 0.717) is 23.1 Å². The fraction of sp³-hybridized carbons (Fsp3) is 0.641. The number of unbranched alkanes of at least 4 members (excludes halogenated alkanes) is 5. The summed E-state index contributed by atoms with van der Waals surface area (Å²) in [5.74, 6) is 0. The third kappa shape index (κ3) is 8.53. The second-order valence-electron chi connectivity index (χ2n) is 16.9. The average molecular weight is 611 g/mol. The quantitative estimate of drug-likeness (QED) is 0.151. The van der Waals surface area contributed by atoms with Crippen molar-refractivity contribution < 1.29 is 14.4 Å². The molecule has 0 aliphatic rings. The Balaban J connectivity index is 3.10. The van der Waals surface area contributed by atoms with E-state index in [4.69, 9.17) is 0 Å². The largest absolute Gasteiger partial charge is 0.344 e. The molecule has 2 aromatic rings. The molecule has 0 saturated carbocycles. The van der Waals surface area contributed by atoms with Gasteiger partial charge in [0.15, 0.2) is 0 Å². The molecule has 4 heteroatoms. The van der Waals surface area contributed by atoms with Gasteiger partial charge in [0, 0.05) is 0 Å². The third-order valence-corrected chi connectivity index (χ3v) is 10.6. The molecule has 0 aromatic heterocycles. The number of hydrogen-bond donors (Lipinski definition) is 2. The maximum Gasteiger partial charge on any atom is 0.344 e. The molecule has 0 unspecified atom stereocenters. The Morgan fingerprint density at radius 1 is 0.605 bits per heavy atom. The Kier molecular flexibility index (Phi) is 11.7. The lowest BCUT2D eigenvalue weighted by Crippen LogP contribution is -2.36. The maximum atomic E-state index is 14.4. The van der Waals surface area contributed by atoms with Crippen molar-refractivity contribution in [2.45, 2.75) is 162 Å². The molecule has 2 N–H and O–H groups in total. The standard InChI is InChI=1S/C39H63O3P/c1-15-16-17-18-19-20-21-28(2)39(43(40,41)42,31-24-22-29(35(3,4)5)26-33(31)37(9,10)11)32-25-23-30(36(6,7)8)27-34(32)38(12,13)14/h22-27H,2,15-21H2,1,3-14H3,(H2,40,41,42). The first-order valence-corrected chi connectivity index (χ1v) is 18.1. The fourth-order valence-corrected chi connectivity index (χ4v) is 7.78. The van der Waals surface area contributed by atoms with Crippen molar-refractivity contribution in [3.8, 4) is 0 Å². The molecule has 3 nitrogen and oxygen atoms in total. The van der Waals surface area contributed by atoms with E-state index in [-0.39, 0.29) is 21.7 Å². The molecule has 242 valence electrons. The van der Waals surface area contributed by atoms with Crippen molar-refractivity contribution in [3.63, 3.8) is 0 Å². The third-order valence-electron chi connectivity index (χ3n) is 8.95. The monoisotopic (exact) mass is 610 g/mol. The van der Waals surface area contributed by atoms with Crippen LogP contribution in [0.5, 0.6) is 0 Å². The Bertz CT molecular complexity index is 1220. The summed E-state index contributed by atoms with van der Waals surface area (Å²) in [6.07, 6.45) is 7.18. The van der Waals surface area contributed by atoms with Gasteiger partial charge in [-0.3, -0.25) is 4.57 Å². The van der Waals surface area contributed by atoms with Crippen LogP contribution in [0.25, 0.3) is 0 Å². The first kappa shape index (κ1) is 37.5. The van der Waals surface area contributed by atoms with Gasteiger partial charge in [-0.05, 0) is 67.9 Å². The number of rotatable bonds is 11. The van der Waals surface area contributed by atoms with Gasteiger partial charge in [0.05, 0.1) is 0 Å². The van der Waals surface area contributed by atoms with Gasteiger partial charge in [-0.25, -0.2) is 0 Å². The van der Waals surface area contributed by atoms with Crippen molar-refractivity contribution in [2.75, 3.05) is 0 Å². The molecule has 0 aliphatic heterocycles. The van der Waals surface area contributed by atoms with Crippen LogP contribution >= 0.6 is 7.60 Å². The van der Waals surface area contributed by atoms with E-state index in [1.165, 1.54) is 19.3 Å². The van der Waals surface area contributed by atoms with Gasteiger partial charge in [0.25, 0.3) is 0 Å². The molecular weight excluding hydrogens is 547 g/mol. The summed E-state index contributed by atoms with van der Waals surface area (Å²) in [6, 6.07) is 12.6. The van der Waals surface area contributed by atoms with Crippen molar-refractivity contribution in [1.29, 1.82) is 0 Å². The van der Waals surface area contributed by atoms with Crippen LogP contribution in [0.4, 0.5) is 0 Å². The van der Waals surface area contributed by atoms with E-state index in [2.05, 4.69) is 121 Å². The molecule has 0 atom stereocenters. The van der Waals surface area contributed by atoms with Gasteiger partial charge in [0.2, 0.25) is 0 Å². The van der Waals surface area contributed by atoms with Crippen LogP contribution in [0.2, 0.25) is 0 Å². The molecule has 2 aromatic carbocycles. The lowest BCUT2D eigenvalue weighted by atomic mass is 9.68. The molecule has 0 amide bonds. The zero-order valence-corrected chi connectivity index (χ0v) is 30.8. The minimum absolute atomic E-state index is 0.107. The SMILES string of the molecule is C=C(CCCCCCCC)C(c1ccc(C(C)(C)C)cc1C(C)(C)C)(c1ccc(C(C)(C)C)cc1C(C)(C)C)P(=O)(O)O. The topological polar surface area (TPSA) is 57.5 Å². The second-order valence-corrected chi connectivity index (χ2v) is 18.7. The highest BCUT2D eigenvalue weighted by atomic mass is 31.2. The van der Waals surface area contributed by atoms with Gasteiger partial charge < -0.3 is 9.79 Å². The zero-order chi connectivity index (χ0) is 33.2. The molecule has 0 bridgehead atoms. The van der Waals surface area contributed by atoms with E-state index in [0.717, 1.165) is 41.5 Å². The summed E-state index contributed by atoms with van der Waals surface area (Å²) in [5, 5.41) is -1.67. The summed E-state index contributed by atoms with van der Waals surface area (Å²) in [6.45, 7) is 32.8. The number of benzene rings is 2. The van der Waals surface area contributed by atoms with Crippen molar-refractivity contribution in [1.82, 2.24) is 0 Å². The van der Waals surface area contributed by atoms with Crippen LogP contribution in [0.3, 0.4) is 0 Å². The van der Waals surface area contributed by atoms with Gasteiger partial charge in [0.1, 0.15) is 5.16 Å². The van der Waals surface area contributed by atoms with E-state index in [1.54, 1.807) is 0 Å². The summed E-state index contributed by atoms with van der Waals surface area (Å²) >= 11 is 0. The highest BCUT2D eigenvalue weighted by Gasteiger charge is 2.55. The molecule has 0 heterocycles. The molecule has 0 spiro atoms. The minimum atomic E-state index is -4.88. The van der Waals surface area contributed by atoms with Crippen molar-refractivity contribution in [2.24, 2.45) is 0 Å². The fourth-order valence-electron chi connectivity index (χ4n) is 6.24. The molecule has 0 saturated heterocycles. The first-order valence-electron chi connectivity index (χ1n) is 16.4. The summed E-state index contributed by atoms with van der Waals surface area (Å²) in [4.78, 5) is 23.5. The lowest BCUT2D eigenvalue weighted by molar-refractivity contribution is 0.344. The van der Waals surface area contributed by atoms with Crippen LogP contribution in [-0.2, 0) is 31.4 Å². The van der Waals surface area contributed by atoms with Gasteiger partial charge >= 0.3 is 7.60 Å². The Hall–Kier alpha value is -1.67. The van der Waals surface area contributed by atoms with Crippen LogP contribution in [-0.4, -0.2) is 9.79 Å². The molecular formula is C39H63O3P. The van der Waals surface area contributed by atoms with Crippen molar-refractivity contribution >= 4 is 7.60 Å². The van der Waals surface area contributed by atoms with E-state index < -0.39 is 12.8 Å². The number of allylic oxidation sites excluding steroid dienone is 1. The average Bonchev–Trinajstić information content (AvgIpc) is 2.83.